The number of hydrogen-bond acceptors (Lipinski definition) is 8. The van der Waals surface area contributed by atoms with E-state index in [1.54, 1.807) is 30.3 Å². The van der Waals surface area contributed by atoms with Crippen LogP contribution in [0, 0.1) is 0 Å². The highest BCUT2D eigenvalue weighted by Gasteiger charge is 2.17. The number of hydrazone groups is 1. The lowest BCUT2D eigenvalue weighted by Gasteiger charge is -2.11. The Labute approximate surface area is 205 Å². The van der Waals surface area contributed by atoms with E-state index in [1.807, 2.05) is 0 Å². The Bertz CT molecular complexity index is 1320. The van der Waals surface area contributed by atoms with Crippen LogP contribution < -0.4 is 30.7 Å². The molecule has 0 bridgehead atoms. The van der Waals surface area contributed by atoms with Crippen molar-refractivity contribution in [1.82, 2.24) is 5.43 Å². The van der Waals surface area contributed by atoms with Crippen LogP contribution in [0.15, 0.2) is 71.8 Å². The number of ether oxygens (including phenoxy) is 3. The predicted octanol–water partition coefficient (Wildman–Crippen LogP) is 2.11. The lowest BCUT2D eigenvalue weighted by Crippen LogP contribution is -2.32. The largest absolute Gasteiger partial charge is 0.496 e. The number of rotatable bonds is 8. The van der Waals surface area contributed by atoms with Crippen molar-refractivity contribution in [2.24, 2.45) is 10.8 Å². The van der Waals surface area contributed by atoms with Crippen molar-refractivity contribution < 1.29 is 33.4 Å². The second-order valence-electron chi connectivity index (χ2n) is 7.09. The molecule has 0 fully saturated rings. The number of carbonyl (C=O) groups excluding carboxylic acids is 4. The number of nitrogens with one attached hydrogen (secondary N) is 2. The number of anilines is 1. The number of para-hydroxylation sites is 1. The molecule has 184 valence electrons. The molecule has 0 saturated heterocycles. The normalized spacial score (nSPS) is 10.4. The molecule has 11 nitrogen and oxygen atoms in total. The highest BCUT2D eigenvalue weighted by Crippen LogP contribution is 2.29. The van der Waals surface area contributed by atoms with E-state index in [1.165, 1.54) is 56.8 Å². The van der Waals surface area contributed by atoms with Gasteiger partial charge in [-0.15, -0.1) is 0 Å². The number of benzene rings is 3. The lowest BCUT2D eigenvalue weighted by atomic mass is 10.2. The van der Waals surface area contributed by atoms with Gasteiger partial charge in [-0.1, -0.05) is 12.1 Å². The molecule has 36 heavy (non-hydrogen) atoms. The summed E-state index contributed by atoms with van der Waals surface area (Å²) in [4.78, 5) is 47.6. The van der Waals surface area contributed by atoms with Gasteiger partial charge in [-0.2, -0.15) is 5.10 Å². The van der Waals surface area contributed by atoms with Crippen molar-refractivity contribution in [2.75, 3.05) is 19.5 Å². The predicted molar refractivity (Wildman–Crippen MR) is 130 cm³/mol. The standard InChI is InChI=1S/C25H22N4O7/c1-34-19-6-4-3-5-18(19)25(33)36-20-12-7-15(13-21(20)35-2)14-27-29-24(32)23(31)28-17-10-8-16(9-11-17)22(26)30/h3-14H,1-2H3,(H2,26,30)(H,28,31)(H,29,32)/b27-14+. The van der Waals surface area contributed by atoms with Crippen molar-refractivity contribution in [3.05, 3.63) is 83.4 Å². The molecule has 0 spiro atoms. The first kappa shape index (κ1) is 25.4. The number of nitrogens with zero attached hydrogens (tertiary/aromatic N) is 1. The van der Waals surface area contributed by atoms with Gasteiger partial charge in [-0.3, -0.25) is 14.4 Å². The molecule has 0 aliphatic carbocycles. The molecule has 3 aromatic carbocycles. The Balaban J connectivity index is 1.60. The highest BCUT2D eigenvalue weighted by atomic mass is 16.6. The zero-order valence-corrected chi connectivity index (χ0v) is 19.3. The topological polar surface area (TPSA) is 158 Å². The molecule has 3 aromatic rings. The Kier molecular flexibility index (Phi) is 8.33. The number of methoxy groups -OCH3 is 2. The highest BCUT2D eigenvalue weighted by molar-refractivity contribution is 6.39. The Morgan fingerprint density at radius 2 is 1.53 bits per heavy atom. The first-order valence-corrected chi connectivity index (χ1v) is 10.4. The molecule has 4 N–H and O–H groups in total. The summed E-state index contributed by atoms with van der Waals surface area (Å²) in [5, 5.41) is 6.12. The maximum absolute atomic E-state index is 12.5. The van der Waals surface area contributed by atoms with E-state index in [4.69, 9.17) is 19.9 Å². The minimum atomic E-state index is -1.01. The maximum Gasteiger partial charge on any atom is 0.347 e. The maximum atomic E-state index is 12.5. The van der Waals surface area contributed by atoms with E-state index in [-0.39, 0.29) is 22.6 Å². The molecule has 0 unspecified atom stereocenters. The molecule has 0 atom stereocenters. The second-order valence-corrected chi connectivity index (χ2v) is 7.09. The van der Waals surface area contributed by atoms with Crippen LogP contribution in [0.2, 0.25) is 0 Å². The number of nitrogens with two attached hydrogens (primary N) is 1. The van der Waals surface area contributed by atoms with Crippen LogP contribution in [-0.4, -0.2) is 44.1 Å². The smallest absolute Gasteiger partial charge is 0.347 e. The van der Waals surface area contributed by atoms with Gasteiger partial charge in [0.25, 0.3) is 0 Å². The third kappa shape index (κ3) is 6.44. The van der Waals surface area contributed by atoms with Crippen LogP contribution in [0.5, 0.6) is 17.2 Å². The van der Waals surface area contributed by atoms with Gasteiger partial charge in [-0.25, -0.2) is 10.2 Å². The fraction of sp³-hybridized carbons (Fsp3) is 0.0800. The van der Waals surface area contributed by atoms with Crippen molar-refractivity contribution in [1.29, 1.82) is 0 Å². The molecule has 0 aliphatic rings. The molecule has 0 radical (unpaired) electrons. The van der Waals surface area contributed by atoms with E-state index in [0.717, 1.165) is 0 Å². The van der Waals surface area contributed by atoms with Crippen LogP contribution in [-0.2, 0) is 9.59 Å². The number of amides is 3. The molecular weight excluding hydrogens is 468 g/mol. The molecule has 0 heterocycles. The van der Waals surface area contributed by atoms with Crippen molar-refractivity contribution in [2.45, 2.75) is 0 Å². The summed E-state index contributed by atoms with van der Waals surface area (Å²) in [5.74, 6) is -2.45. The van der Waals surface area contributed by atoms with E-state index in [0.29, 0.717) is 17.0 Å². The third-order valence-electron chi connectivity index (χ3n) is 4.73. The van der Waals surface area contributed by atoms with Crippen LogP contribution in [0.25, 0.3) is 0 Å². The minimum Gasteiger partial charge on any atom is -0.496 e. The Hall–Kier alpha value is -5.19. The fourth-order valence-corrected chi connectivity index (χ4v) is 2.94. The zero-order chi connectivity index (χ0) is 26.1. The number of hydrogen-bond donors (Lipinski definition) is 3. The molecule has 3 amide bonds. The third-order valence-corrected chi connectivity index (χ3v) is 4.73. The summed E-state index contributed by atoms with van der Waals surface area (Å²) < 4.78 is 15.9. The van der Waals surface area contributed by atoms with E-state index >= 15 is 0 Å². The van der Waals surface area contributed by atoms with Gasteiger partial charge in [0.2, 0.25) is 5.91 Å². The van der Waals surface area contributed by atoms with Crippen LogP contribution in [0.1, 0.15) is 26.3 Å². The van der Waals surface area contributed by atoms with Gasteiger partial charge in [-0.05, 0) is 60.2 Å². The van der Waals surface area contributed by atoms with Crippen LogP contribution in [0.3, 0.4) is 0 Å². The van der Waals surface area contributed by atoms with Gasteiger partial charge in [0.15, 0.2) is 11.5 Å². The van der Waals surface area contributed by atoms with Gasteiger partial charge in [0, 0.05) is 11.3 Å². The number of carbonyl (C=O) groups is 4. The molecule has 0 saturated carbocycles. The van der Waals surface area contributed by atoms with Crippen molar-refractivity contribution in [3.63, 3.8) is 0 Å². The van der Waals surface area contributed by atoms with E-state index in [9.17, 15) is 19.2 Å². The molecule has 0 aromatic heterocycles. The van der Waals surface area contributed by atoms with Crippen LogP contribution >= 0.6 is 0 Å². The first-order chi connectivity index (χ1) is 17.3. The molecule has 11 heteroatoms. The summed E-state index contributed by atoms with van der Waals surface area (Å²) in [5.41, 5.74) is 8.56. The van der Waals surface area contributed by atoms with Gasteiger partial charge in [0.05, 0.1) is 20.4 Å². The van der Waals surface area contributed by atoms with Gasteiger partial charge < -0.3 is 25.3 Å². The lowest BCUT2D eigenvalue weighted by molar-refractivity contribution is -0.136. The monoisotopic (exact) mass is 490 g/mol. The van der Waals surface area contributed by atoms with E-state index < -0.39 is 23.7 Å². The average Bonchev–Trinajstić information content (AvgIpc) is 2.89. The zero-order valence-electron chi connectivity index (χ0n) is 19.3. The summed E-state index contributed by atoms with van der Waals surface area (Å²) in [6, 6.07) is 16.9. The average molecular weight is 490 g/mol. The Morgan fingerprint density at radius 1 is 0.833 bits per heavy atom. The summed E-state index contributed by atoms with van der Waals surface area (Å²) >= 11 is 0. The summed E-state index contributed by atoms with van der Waals surface area (Å²) in [6.45, 7) is 0. The quantitative estimate of drug-likeness (QED) is 0.143. The summed E-state index contributed by atoms with van der Waals surface area (Å²) in [7, 11) is 2.85. The molecule has 3 rings (SSSR count). The van der Waals surface area contributed by atoms with Crippen molar-refractivity contribution >= 4 is 35.6 Å². The molecular formula is C25H22N4O7. The SMILES string of the molecule is COc1cc(/C=N/NC(=O)C(=O)Nc2ccc(C(N)=O)cc2)ccc1OC(=O)c1ccccc1OC. The Morgan fingerprint density at radius 3 is 2.19 bits per heavy atom. The van der Waals surface area contributed by atoms with Crippen molar-refractivity contribution in [3.8, 4) is 17.2 Å². The minimum absolute atomic E-state index is 0.163. The second kappa shape index (κ2) is 11.8. The number of primary amides is 1. The van der Waals surface area contributed by atoms with Gasteiger partial charge >= 0.3 is 17.8 Å². The fourth-order valence-electron chi connectivity index (χ4n) is 2.94. The van der Waals surface area contributed by atoms with E-state index in [2.05, 4.69) is 15.8 Å². The number of esters is 1. The van der Waals surface area contributed by atoms with Crippen LogP contribution in [0.4, 0.5) is 5.69 Å². The first-order valence-electron chi connectivity index (χ1n) is 10.4. The molecule has 0 aliphatic heterocycles. The summed E-state index contributed by atoms with van der Waals surface area (Å²) in [6.07, 6.45) is 1.28. The van der Waals surface area contributed by atoms with Gasteiger partial charge in [0.1, 0.15) is 11.3 Å².